The van der Waals surface area contributed by atoms with Gasteiger partial charge in [0, 0.05) is 11.6 Å². The highest BCUT2D eigenvalue weighted by Gasteiger charge is 2.17. The first-order valence-electron chi connectivity index (χ1n) is 8.80. The molecule has 1 atom stereocenters. The Morgan fingerprint density at radius 1 is 1.26 bits per heavy atom. The summed E-state index contributed by atoms with van der Waals surface area (Å²) in [6, 6.07) is 3.35. The molecule has 8 heteroatoms. The van der Waals surface area contributed by atoms with Crippen molar-refractivity contribution >= 4 is 28.6 Å². The van der Waals surface area contributed by atoms with Crippen molar-refractivity contribution in [2.75, 3.05) is 5.73 Å². The van der Waals surface area contributed by atoms with Crippen molar-refractivity contribution in [1.29, 1.82) is 0 Å². The van der Waals surface area contributed by atoms with Crippen LogP contribution < -0.4 is 5.73 Å². The minimum atomic E-state index is -0.414. The summed E-state index contributed by atoms with van der Waals surface area (Å²) < 4.78 is 16.4. The first-order valence-corrected chi connectivity index (χ1v) is 9.18. The molecule has 6 nitrogen and oxygen atoms in total. The lowest BCUT2D eigenvalue weighted by Crippen LogP contribution is -2.03. The SMILES string of the molecule is CCC(C)O.Cc1nc2c(F)cc(-c3nc(N)ncc3Cl)cc2n1C(C)C. The van der Waals surface area contributed by atoms with Gasteiger partial charge in [0.15, 0.2) is 5.82 Å². The average molecular weight is 394 g/mol. The molecule has 2 aromatic heterocycles. The summed E-state index contributed by atoms with van der Waals surface area (Å²) in [5, 5.41) is 8.68. The first-order chi connectivity index (χ1) is 12.6. The van der Waals surface area contributed by atoms with Crippen LogP contribution in [0.1, 0.15) is 46.0 Å². The molecule has 0 aliphatic carbocycles. The molecule has 0 amide bonds. The van der Waals surface area contributed by atoms with Crippen LogP contribution in [-0.4, -0.2) is 30.7 Å². The number of fused-ring (bicyclic) bond motifs is 1. The van der Waals surface area contributed by atoms with Crippen LogP contribution >= 0.6 is 11.6 Å². The number of hydrogen-bond donors (Lipinski definition) is 2. The summed E-state index contributed by atoms with van der Waals surface area (Å²) >= 11 is 6.12. The molecule has 146 valence electrons. The van der Waals surface area contributed by atoms with E-state index in [9.17, 15) is 4.39 Å². The van der Waals surface area contributed by atoms with Crippen molar-refractivity contribution in [3.05, 3.63) is 35.0 Å². The summed E-state index contributed by atoms with van der Waals surface area (Å²) in [4.78, 5) is 12.2. The zero-order valence-corrected chi connectivity index (χ0v) is 16.9. The lowest BCUT2D eigenvalue weighted by atomic mass is 10.1. The van der Waals surface area contributed by atoms with E-state index >= 15 is 0 Å². The molecule has 0 bridgehead atoms. The zero-order chi connectivity index (χ0) is 20.3. The first kappa shape index (κ1) is 21.1. The number of imidazole rings is 1. The van der Waals surface area contributed by atoms with Crippen molar-refractivity contribution < 1.29 is 9.50 Å². The Balaban J connectivity index is 0.000000465. The maximum absolute atomic E-state index is 14.4. The number of nitrogens with zero attached hydrogens (tertiary/aromatic N) is 4. The Morgan fingerprint density at radius 3 is 2.44 bits per heavy atom. The van der Waals surface area contributed by atoms with E-state index in [2.05, 4.69) is 15.0 Å². The normalized spacial score (nSPS) is 12.2. The smallest absolute Gasteiger partial charge is 0.220 e. The Hall–Kier alpha value is -2.25. The second-order valence-corrected chi connectivity index (χ2v) is 7.04. The molecule has 0 saturated heterocycles. The zero-order valence-electron chi connectivity index (χ0n) is 16.2. The van der Waals surface area contributed by atoms with Crippen LogP contribution in [0.4, 0.5) is 10.3 Å². The highest BCUT2D eigenvalue weighted by Crippen LogP contribution is 2.31. The van der Waals surface area contributed by atoms with Gasteiger partial charge in [0.1, 0.15) is 11.3 Å². The van der Waals surface area contributed by atoms with Crippen LogP contribution in [0.15, 0.2) is 18.3 Å². The van der Waals surface area contributed by atoms with Gasteiger partial charge in [-0.05, 0) is 46.2 Å². The molecule has 27 heavy (non-hydrogen) atoms. The molecule has 0 aliphatic heterocycles. The van der Waals surface area contributed by atoms with Gasteiger partial charge in [0.25, 0.3) is 0 Å². The number of nitrogens with two attached hydrogens (primary N) is 1. The van der Waals surface area contributed by atoms with E-state index < -0.39 is 5.82 Å². The van der Waals surface area contributed by atoms with Crippen LogP contribution in [-0.2, 0) is 0 Å². The molecule has 3 N–H and O–H groups in total. The van der Waals surface area contributed by atoms with Crippen LogP contribution in [0.25, 0.3) is 22.3 Å². The van der Waals surface area contributed by atoms with Crippen LogP contribution in [0, 0.1) is 12.7 Å². The summed E-state index contributed by atoms with van der Waals surface area (Å²) in [5.41, 5.74) is 7.60. The van der Waals surface area contributed by atoms with E-state index in [1.165, 1.54) is 12.3 Å². The highest BCUT2D eigenvalue weighted by atomic mass is 35.5. The van der Waals surface area contributed by atoms with Crippen LogP contribution in [0.2, 0.25) is 5.02 Å². The summed E-state index contributed by atoms with van der Waals surface area (Å²) in [6.45, 7) is 9.63. The molecule has 0 saturated carbocycles. The summed E-state index contributed by atoms with van der Waals surface area (Å²) in [5.74, 6) is 0.436. The third-order valence-electron chi connectivity index (χ3n) is 4.07. The van der Waals surface area contributed by atoms with E-state index in [1.807, 2.05) is 38.3 Å². The van der Waals surface area contributed by atoms with E-state index in [0.29, 0.717) is 27.3 Å². The number of hydrogen-bond acceptors (Lipinski definition) is 5. The molecule has 3 rings (SSSR count). The average Bonchev–Trinajstić information content (AvgIpc) is 2.94. The lowest BCUT2D eigenvalue weighted by Gasteiger charge is -2.12. The molecule has 1 unspecified atom stereocenters. The van der Waals surface area contributed by atoms with E-state index in [0.717, 1.165) is 12.2 Å². The minimum Gasteiger partial charge on any atom is -0.393 e. The maximum atomic E-state index is 14.4. The van der Waals surface area contributed by atoms with Crippen molar-refractivity contribution in [3.63, 3.8) is 0 Å². The highest BCUT2D eigenvalue weighted by molar-refractivity contribution is 6.33. The van der Waals surface area contributed by atoms with Gasteiger partial charge in [-0.25, -0.2) is 19.3 Å². The number of rotatable bonds is 3. The van der Waals surface area contributed by atoms with Crippen LogP contribution in [0.5, 0.6) is 0 Å². The van der Waals surface area contributed by atoms with Gasteiger partial charge in [-0.1, -0.05) is 18.5 Å². The molecule has 0 fully saturated rings. The Morgan fingerprint density at radius 2 is 1.89 bits per heavy atom. The van der Waals surface area contributed by atoms with E-state index in [1.54, 1.807) is 6.92 Å². The fourth-order valence-corrected chi connectivity index (χ4v) is 2.84. The number of anilines is 1. The van der Waals surface area contributed by atoms with E-state index in [4.69, 9.17) is 22.4 Å². The van der Waals surface area contributed by atoms with Gasteiger partial charge in [0.05, 0.1) is 28.5 Å². The minimum absolute atomic E-state index is 0.0912. The van der Waals surface area contributed by atoms with E-state index in [-0.39, 0.29) is 18.1 Å². The largest absolute Gasteiger partial charge is 0.393 e. The van der Waals surface area contributed by atoms with Crippen molar-refractivity contribution in [2.45, 2.75) is 53.2 Å². The Bertz CT molecular complexity index is 939. The van der Waals surface area contributed by atoms with Crippen molar-refractivity contribution in [2.24, 2.45) is 0 Å². The van der Waals surface area contributed by atoms with Gasteiger partial charge >= 0.3 is 0 Å². The topological polar surface area (TPSA) is 89.8 Å². The van der Waals surface area contributed by atoms with Gasteiger partial charge in [-0.3, -0.25) is 0 Å². The van der Waals surface area contributed by atoms with Gasteiger partial charge in [-0.15, -0.1) is 0 Å². The van der Waals surface area contributed by atoms with Crippen LogP contribution in [0.3, 0.4) is 0 Å². The molecule has 1 aromatic carbocycles. The fraction of sp³-hybridized carbons (Fsp3) is 0.421. The number of aryl methyl sites for hydroxylation is 1. The van der Waals surface area contributed by atoms with Crippen molar-refractivity contribution in [1.82, 2.24) is 19.5 Å². The fourth-order valence-electron chi connectivity index (χ4n) is 2.64. The summed E-state index contributed by atoms with van der Waals surface area (Å²) in [7, 11) is 0. The molecular weight excluding hydrogens is 369 g/mol. The third kappa shape index (κ3) is 4.73. The Labute approximate surface area is 163 Å². The number of aliphatic hydroxyl groups excluding tert-OH is 1. The predicted molar refractivity (Wildman–Crippen MR) is 107 cm³/mol. The number of nitrogen functional groups attached to an aromatic ring is 1. The number of benzene rings is 1. The second kappa shape index (κ2) is 8.63. The number of halogens is 2. The second-order valence-electron chi connectivity index (χ2n) is 6.63. The van der Waals surface area contributed by atoms with Gasteiger partial charge in [-0.2, -0.15) is 0 Å². The molecule has 0 radical (unpaired) electrons. The maximum Gasteiger partial charge on any atom is 0.220 e. The van der Waals surface area contributed by atoms with Crippen molar-refractivity contribution in [3.8, 4) is 11.3 Å². The predicted octanol–water partition coefficient (Wildman–Crippen LogP) is 4.53. The molecule has 3 aromatic rings. The molecule has 0 aliphatic rings. The molecule has 2 heterocycles. The number of aromatic nitrogens is 4. The lowest BCUT2D eigenvalue weighted by molar-refractivity contribution is 0.191. The molecular formula is C19H25ClFN5O. The van der Waals surface area contributed by atoms with Gasteiger partial charge < -0.3 is 15.4 Å². The quantitative estimate of drug-likeness (QED) is 0.682. The number of aliphatic hydroxyl groups is 1. The standard InChI is InChI=1S/C15H15ClFN5.C4H10O/c1-7(2)22-8(3)20-14-11(17)4-9(5-12(14)22)13-10(16)6-19-15(18)21-13;1-3-4(2)5/h4-7H,1-3H3,(H2,18,19,21);4-5H,3H2,1-2H3. The monoisotopic (exact) mass is 393 g/mol. The third-order valence-corrected chi connectivity index (χ3v) is 4.35. The van der Waals surface area contributed by atoms with Gasteiger partial charge in [0.2, 0.25) is 5.95 Å². The molecule has 0 spiro atoms. The Kier molecular flexibility index (Phi) is 6.73. The summed E-state index contributed by atoms with van der Waals surface area (Å²) in [6.07, 6.45) is 2.15.